The summed E-state index contributed by atoms with van der Waals surface area (Å²) in [6.45, 7) is 0.802. The molecule has 3 N–H and O–H groups in total. The van der Waals surface area contributed by atoms with E-state index in [-0.39, 0.29) is 24.9 Å². The van der Waals surface area contributed by atoms with Gasteiger partial charge in [0.05, 0.1) is 6.54 Å². The molecule has 1 saturated heterocycles. The highest BCUT2D eigenvalue weighted by Crippen LogP contribution is 2.17. The van der Waals surface area contributed by atoms with Gasteiger partial charge >= 0.3 is 0 Å². The van der Waals surface area contributed by atoms with Crippen molar-refractivity contribution in [1.82, 2.24) is 4.90 Å². The topological polar surface area (TPSA) is 75.4 Å². The Morgan fingerprint density at radius 1 is 1.25 bits per heavy atom. The minimum atomic E-state index is -0.446. The third-order valence-corrected chi connectivity index (χ3v) is 3.37. The van der Waals surface area contributed by atoms with Gasteiger partial charge in [-0.1, -0.05) is 18.2 Å². The van der Waals surface area contributed by atoms with Gasteiger partial charge in [0.25, 0.3) is 0 Å². The first-order valence-corrected chi connectivity index (χ1v) is 6.56. The zero-order valence-electron chi connectivity index (χ0n) is 11.2. The molecule has 5 nitrogen and oxygen atoms in total. The minimum absolute atomic E-state index is 0. The van der Waals surface area contributed by atoms with Gasteiger partial charge in [-0.3, -0.25) is 9.59 Å². The fourth-order valence-corrected chi connectivity index (χ4v) is 2.36. The van der Waals surface area contributed by atoms with Crippen molar-refractivity contribution < 1.29 is 9.59 Å². The zero-order valence-corrected chi connectivity index (χ0v) is 12.1. The summed E-state index contributed by atoms with van der Waals surface area (Å²) in [5.74, 6) is -0.486. The second-order valence-corrected chi connectivity index (χ2v) is 4.72. The van der Waals surface area contributed by atoms with Crippen LogP contribution in [0.4, 0.5) is 5.69 Å². The molecule has 0 bridgehead atoms. The Morgan fingerprint density at radius 3 is 2.60 bits per heavy atom. The van der Waals surface area contributed by atoms with Gasteiger partial charge in [0.1, 0.15) is 6.04 Å². The molecule has 1 heterocycles. The number of nitrogens with two attached hydrogens (primary N) is 1. The van der Waals surface area contributed by atoms with Gasteiger partial charge in [-0.2, -0.15) is 0 Å². The molecule has 1 aliphatic heterocycles. The van der Waals surface area contributed by atoms with Crippen LogP contribution in [0.2, 0.25) is 0 Å². The maximum absolute atomic E-state index is 12.1. The summed E-state index contributed by atoms with van der Waals surface area (Å²) in [5.41, 5.74) is 6.24. The molecule has 0 saturated carbocycles. The molecule has 1 atom stereocenters. The van der Waals surface area contributed by atoms with Crippen molar-refractivity contribution in [2.45, 2.75) is 25.3 Å². The summed E-state index contributed by atoms with van der Waals surface area (Å²) in [7, 11) is 0. The molecule has 1 fully saturated rings. The quantitative estimate of drug-likeness (QED) is 0.882. The Kier molecular flexibility index (Phi) is 6.31. The van der Waals surface area contributed by atoms with Crippen LogP contribution < -0.4 is 11.1 Å². The van der Waals surface area contributed by atoms with E-state index in [2.05, 4.69) is 5.32 Å². The number of primary amides is 1. The number of benzene rings is 1. The molecule has 1 aliphatic rings. The number of rotatable bonds is 4. The number of halogens is 1. The molecule has 20 heavy (non-hydrogen) atoms. The minimum Gasteiger partial charge on any atom is -0.376 e. The number of carbonyl (C=O) groups excluding carboxylic acids is 2. The smallest absolute Gasteiger partial charge is 0.242 e. The SMILES string of the molecule is Cl.NC(=O)C1CCCCN1C(=O)CNc1ccccc1. The van der Waals surface area contributed by atoms with E-state index in [1.807, 2.05) is 30.3 Å². The number of para-hydroxylation sites is 1. The number of hydrogen-bond acceptors (Lipinski definition) is 3. The molecule has 1 aromatic rings. The van der Waals surface area contributed by atoms with E-state index in [1.165, 1.54) is 0 Å². The van der Waals surface area contributed by atoms with Crippen molar-refractivity contribution in [3.05, 3.63) is 30.3 Å². The predicted molar refractivity (Wildman–Crippen MR) is 80.7 cm³/mol. The van der Waals surface area contributed by atoms with Crippen molar-refractivity contribution in [3.63, 3.8) is 0 Å². The first-order chi connectivity index (χ1) is 9.18. The van der Waals surface area contributed by atoms with Crippen LogP contribution in [0.3, 0.4) is 0 Å². The predicted octanol–water partition coefficient (Wildman–Crippen LogP) is 1.39. The number of nitrogens with one attached hydrogen (secondary N) is 1. The summed E-state index contributed by atoms with van der Waals surface area (Å²) in [6, 6.07) is 9.07. The number of likely N-dealkylation sites (tertiary alicyclic amines) is 1. The van der Waals surface area contributed by atoms with E-state index < -0.39 is 11.9 Å². The van der Waals surface area contributed by atoms with Crippen LogP contribution in [0.1, 0.15) is 19.3 Å². The van der Waals surface area contributed by atoms with Crippen LogP contribution >= 0.6 is 12.4 Å². The maximum Gasteiger partial charge on any atom is 0.242 e. The van der Waals surface area contributed by atoms with Crippen LogP contribution in [0.25, 0.3) is 0 Å². The first kappa shape index (κ1) is 16.3. The van der Waals surface area contributed by atoms with Gasteiger partial charge in [-0.25, -0.2) is 0 Å². The Labute approximate surface area is 124 Å². The number of carbonyl (C=O) groups is 2. The van der Waals surface area contributed by atoms with E-state index in [4.69, 9.17) is 5.73 Å². The van der Waals surface area contributed by atoms with Crippen molar-refractivity contribution in [1.29, 1.82) is 0 Å². The number of amides is 2. The number of nitrogens with zero attached hydrogens (tertiary/aromatic N) is 1. The molecule has 110 valence electrons. The van der Waals surface area contributed by atoms with Crippen molar-refractivity contribution in [2.75, 3.05) is 18.4 Å². The highest BCUT2D eigenvalue weighted by molar-refractivity contribution is 5.88. The molecule has 2 rings (SSSR count). The summed E-state index contributed by atoms with van der Waals surface area (Å²) >= 11 is 0. The molecule has 0 spiro atoms. The second-order valence-electron chi connectivity index (χ2n) is 4.72. The van der Waals surface area contributed by atoms with E-state index in [1.54, 1.807) is 4.90 Å². The molecule has 1 unspecified atom stereocenters. The third kappa shape index (κ3) is 4.13. The fourth-order valence-electron chi connectivity index (χ4n) is 2.36. The molecule has 0 radical (unpaired) electrons. The lowest BCUT2D eigenvalue weighted by Gasteiger charge is -2.33. The second kappa shape index (κ2) is 7.75. The van der Waals surface area contributed by atoms with Gasteiger partial charge in [0.15, 0.2) is 0 Å². The summed E-state index contributed by atoms with van der Waals surface area (Å²) in [4.78, 5) is 25.1. The fraction of sp³-hybridized carbons (Fsp3) is 0.429. The average molecular weight is 298 g/mol. The molecule has 1 aromatic carbocycles. The summed E-state index contributed by atoms with van der Waals surface area (Å²) < 4.78 is 0. The number of piperidine rings is 1. The lowest BCUT2D eigenvalue weighted by molar-refractivity contribution is -0.139. The highest BCUT2D eigenvalue weighted by Gasteiger charge is 2.30. The van der Waals surface area contributed by atoms with E-state index in [0.29, 0.717) is 13.0 Å². The van der Waals surface area contributed by atoms with Crippen LogP contribution in [0.5, 0.6) is 0 Å². The van der Waals surface area contributed by atoms with Crippen LogP contribution in [-0.2, 0) is 9.59 Å². The van der Waals surface area contributed by atoms with Gasteiger partial charge in [-0.15, -0.1) is 12.4 Å². The largest absolute Gasteiger partial charge is 0.376 e. The van der Waals surface area contributed by atoms with Crippen molar-refractivity contribution in [2.24, 2.45) is 5.73 Å². The van der Waals surface area contributed by atoms with E-state index >= 15 is 0 Å². The third-order valence-electron chi connectivity index (χ3n) is 3.37. The lowest BCUT2D eigenvalue weighted by Crippen LogP contribution is -2.52. The van der Waals surface area contributed by atoms with E-state index in [9.17, 15) is 9.59 Å². The van der Waals surface area contributed by atoms with Crippen molar-refractivity contribution in [3.8, 4) is 0 Å². The molecule has 0 aliphatic carbocycles. The van der Waals surface area contributed by atoms with Crippen LogP contribution in [0, 0.1) is 0 Å². The normalized spacial score (nSPS) is 18.0. The Hall–Kier alpha value is -1.75. The Bertz CT molecular complexity index is 453. The van der Waals surface area contributed by atoms with Gasteiger partial charge in [-0.05, 0) is 31.4 Å². The zero-order chi connectivity index (χ0) is 13.7. The van der Waals surface area contributed by atoms with Gasteiger partial charge in [0, 0.05) is 12.2 Å². The molecule has 0 aromatic heterocycles. The Balaban J connectivity index is 0.00000200. The molecular formula is C14H20ClN3O2. The summed E-state index contributed by atoms with van der Waals surface area (Å²) in [6.07, 6.45) is 2.55. The molecule has 6 heteroatoms. The highest BCUT2D eigenvalue weighted by atomic mass is 35.5. The van der Waals surface area contributed by atoms with Gasteiger partial charge in [0.2, 0.25) is 11.8 Å². The Morgan fingerprint density at radius 2 is 1.95 bits per heavy atom. The number of anilines is 1. The van der Waals surface area contributed by atoms with Gasteiger partial charge < -0.3 is 16.0 Å². The maximum atomic E-state index is 12.1. The van der Waals surface area contributed by atoms with Crippen LogP contribution in [0.15, 0.2) is 30.3 Å². The standard InChI is InChI=1S/C14H19N3O2.ClH/c15-14(19)12-8-4-5-9-17(12)13(18)10-16-11-6-2-1-3-7-11;/h1-3,6-7,12,16H,4-5,8-10H2,(H2,15,19);1H. The lowest BCUT2D eigenvalue weighted by atomic mass is 10.0. The van der Waals surface area contributed by atoms with Crippen molar-refractivity contribution >= 4 is 29.9 Å². The average Bonchev–Trinajstić information content (AvgIpc) is 2.46. The van der Waals surface area contributed by atoms with Crippen LogP contribution in [-0.4, -0.2) is 35.8 Å². The molecule has 2 amide bonds. The summed E-state index contributed by atoms with van der Waals surface area (Å²) in [5, 5.41) is 3.06. The monoisotopic (exact) mass is 297 g/mol. The number of hydrogen-bond donors (Lipinski definition) is 2. The molecular weight excluding hydrogens is 278 g/mol. The van der Waals surface area contributed by atoms with E-state index in [0.717, 1.165) is 18.5 Å². The first-order valence-electron chi connectivity index (χ1n) is 6.56.